The standard InChI is InChI=1S/C11H17N5O/c12-3-4-15-7-10(13-14-15)11(17)16-6-8-1-2-9(16)5-8/h7-9H,1-6,12H2. The van der Waals surface area contributed by atoms with Gasteiger partial charge in [0, 0.05) is 19.1 Å². The summed E-state index contributed by atoms with van der Waals surface area (Å²) < 4.78 is 1.63. The zero-order chi connectivity index (χ0) is 11.8. The Hall–Kier alpha value is -1.43. The molecule has 0 aromatic carbocycles. The molecule has 2 aliphatic rings. The van der Waals surface area contributed by atoms with Crippen LogP contribution in [0.15, 0.2) is 6.20 Å². The summed E-state index contributed by atoms with van der Waals surface area (Å²) in [6, 6.07) is 0.437. The van der Waals surface area contributed by atoms with Gasteiger partial charge in [0.25, 0.3) is 5.91 Å². The van der Waals surface area contributed by atoms with Gasteiger partial charge in [-0.3, -0.25) is 9.48 Å². The van der Waals surface area contributed by atoms with Gasteiger partial charge < -0.3 is 10.6 Å². The van der Waals surface area contributed by atoms with Gasteiger partial charge in [0.05, 0.1) is 12.7 Å². The number of carbonyl (C=O) groups is 1. The van der Waals surface area contributed by atoms with Crippen LogP contribution in [-0.4, -0.2) is 44.9 Å². The van der Waals surface area contributed by atoms with Crippen LogP contribution in [-0.2, 0) is 6.54 Å². The number of rotatable bonds is 3. The highest BCUT2D eigenvalue weighted by atomic mass is 16.2. The first-order valence-electron chi connectivity index (χ1n) is 6.19. The molecule has 1 amide bonds. The van der Waals surface area contributed by atoms with Gasteiger partial charge in [-0.25, -0.2) is 0 Å². The molecule has 1 aliphatic heterocycles. The highest BCUT2D eigenvalue weighted by Crippen LogP contribution is 2.37. The van der Waals surface area contributed by atoms with E-state index in [0.717, 1.165) is 13.0 Å². The Morgan fingerprint density at radius 3 is 3.06 bits per heavy atom. The van der Waals surface area contributed by atoms with Crippen molar-refractivity contribution < 1.29 is 4.79 Å². The molecule has 17 heavy (non-hydrogen) atoms. The van der Waals surface area contributed by atoms with E-state index < -0.39 is 0 Å². The lowest BCUT2D eigenvalue weighted by Crippen LogP contribution is -2.37. The minimum Gasteiger partial charge on any atom is -0.334 e. The van der Waals surface area contributed by atoms with Crippen LogP contribution in [0.1, 0.15) is 29.8 Å². The molecule has 3 rings (SSSR count). The molecule has 2 atom stereocenters. The number of hydrogen-bond donors (Lipinski definition) is 1. The number of piperidine rings is 1. The van der Waals surface area contributed by atoms with Crippen molar-refractivity contribution in [2.24, 2.45) is 11.7 Å². The van der Waals surface area contributed by atoms with Crippen LogP contribution < -0.4 is 5.73 Å². The molecular weight excluding hydrogens is 218 g/mol. The molecule has 2 heterocycles. The van der Waals surface area contributed by atoms with Crippen LogP contribution in [0.4, 0.5) is 0 Å². The molecule has 1 aliphatic carbocycles. The van der Waals surface area contributed by atoms with Crippen molar-refractivity contribution in [2.75, 3.05) is 13.1 Å². The Bertz CT molecular complexity index is 429. The van der Waals surface area contributed by atoms with Crippen LogP contribution >= 0.6 is 0 Å². The van der Waals surface area contributed by atoms with Gasteiger partial charge in [-0.1, -0.05) is 5.21 Å². The normalized spacial score (nSPS) is 26.8. The summed E-state index contributed by atoms with van der Waals surface area (Å²) in [5, 5.41) is 7.83. The van der Waals surface area contributed by atoms with Crippen molar-refractivity contribution in [2.45, 2.75) is 31.8 Å². The fourth-order valence-electron chi connectivity index (χ4n) is 2.96. The second-order valence-electron chi connectivity index (χ2n) is 4.95. The van der Waals surface area contributed by atoms with Crippen LogP contribution in [0.25, 0.3) is 0 Å². The van der Waals surface area contributed by atoms with Crippen molar-refractivity contribution in [1.29, 1.82) is 0 Å². The lowest BCUT2D eigenvalue weighted by molar-refractivity contribution is 0.0697. The number of likely N-dealkylation sites (tertiary alicyclic amines) is 1. The average Bonchev–Trinajstić information content (AvgIpc) is 3.03. The van der Waals surface area contributed by atoms with E-state index in [1.165, 1.54) is 12.8 Å². The Balaban J connectivity index is 1.73. The highest BCUT2D eigenvalue weighted by molar-refractivity contribution is 5.92. The molecule has 92 valence electrons. The molecular formula is C11H17N5O. The second-order valence-corrected chi connectivity index (χ2v) is 4.95. The topological polar surface area (TPSA) is 77.0 Å². The molecule has 1 saturated carbocycles. The summed E-state index contributed by atoms with van der Waals surface area (Å²) >= 11 is 0. The molecule has 1 aromatic heterocycles. The quantitative estimate of drug-likeness (QED) is 0.791. The second kappa shape index (κ2) is 4.10. The molecule has 6 heteroatoms. The van der Waals surface area contributed by atoms with E-state index in [1.807, 2.05) is 4.90 Å². The number of aromatic nitrogens is 3. The van der Waals surface area contributed by atoms with Crippen LogP contribution in [0.5, 0.6) is 0 Å². The molecule has 2 N–H and O–H groups in total. The third-order valence-corrected chi connectivity index (χ3v) is 3.79. The molecule has 2 unspecified atom stereocenters. The Kier molecular flexibility index (Phi) is 2.58. The summed E-state index contributed by atoms with van der Waals surface area (Å²) in [7, 11) is 0. The zero-order valence-electron chi connectivity index (χ0n) is 9.75. The minimum absolute atomic E-state index is 0.0282. The third kappa shape index (κ3) is 1.82. The predicted molar refractivity (Wildman–Crippen MR) is 61.2 cm³/mol. The summed E-state index contributed by atoms with van der Waals surface area (Å²) in [5.74, 6) is 0.739. The SMILES string of the molecule is NCCn1cc(C(=O)N2CC3CCC2C3)nn1. The van der Waals surface area contributed by atoms with E-state index in [0.29, 0.717) is 30.7 Å². The fraction of sp³-hybridized carbons (Fsp3) is 0.727. The van der Waals surface area contributed by atoms with Gasteiger partial charge in [-0.15, -0.1) is 5.10 Å². The lowest BCUT2D eigenvalue weighted by atomic mass is 10.1. The fourth-order valence-corrected chi connectivity index (χ4v) is 2.96. The maximum absolute atomic E-state index is 12.2. The predicted octanol–water partition coefficient (Wildman–Crippen LogP) is -0.139. The number of nitrogens with zero attached hydrogens (tertiary/aromatic N) is 4. The average molecular weight is 235 g/mol. The lowest BCUT2D eigenvalue weighted by Gasteiger charge is -2.25. The smallest absolute Gasteiger partial charge is 0.276 e. The van der Waals surface area contributed by atoms with E-state index in [2.05, 4.69) is 10.3 Å². The first-order chi connectivity index (χ1) is 8.28. The molecule has 1 aromatic rings. The Morgan fingerprint density at radius 2 is 2.41 bits per heavy atom. The monoisotopic (exact) mass is 235 g/mol. The number of nitrogens with two attached hydrogens (primary N) is 1. The van der Waals surface area contributed by atoms with E-state index in [9.17, 15) is 4.79 Å². The van der Waals surface area contributed by atoms with Crippen molar-refractivity contribution in [1.82, 2.24) is 19.9 Å². The van der Waals surface area contributed by atoms with Crippen LogP contribution in [0, 0.1) is 5.92 Å². The summed E-state index contributed by atoms with van der Waals surface area (Å²) in [6.07, 6.45) is 5.28. The minimum atomic E-state index is 0.0282. The van der Waals surface area contributed by atoms with Crippen molar-refractivity contribution in [3.05, 3.63) is 11.9 Å². The first-order valence-corrected chi connectivity index (χ1v) is 6.19. The molecule has 1 saturated heterocycles. The van der Waals surface area contributed by atoms with Gasteiger partial charge in [0.1, 0.15) is 0 Å². The van der Waals surface area contributed by atoms with Gasteiger partial charge in [-0.2, -0.15) is 0 Å². The third-order valence-electron chi connectivity index (χ3n) is 3.79. The van der Waals surface area contributed by atoms with Crippen molar-refractivity contribution in [3.8, 4) is 0 Å². The first kappa shape index (κ1) is 10.7. The molecule has 2 bridgehead atoms. The summed E-state index contributed by atoms with van der Waals surface area (Å²) in [5.41, 5.74) is 5.88. The van der Waals surface area contributed by atoms with Gasteiger partial charge in [-0.05, 0) is 25.2 Å². The van der Waals surface area contributed by atoms with Crippen LogP contribution in [0.2, 0.25) is 0 Å². The zero-order valence-corrected chi connectivity index (χ0v) is 9.75. The van der Waals surface area contributed by atoms with Gasteiger partial charge in [0.2, 0.25) is 0 Å². The maximum atomic E-state index is 12.2. The van der Waals surface area contributed by atoms with Crippen molar-refractivity contribution >= 4 is 5.91 Å². The summed E-state index contributed by atoms with van der Waals surface area (Å²) in [6.45, 7) is 2.00. The summed E-state index contributed by atoms with van der Waals surface area (Å²) in [4.78, 5) is 14.2. The van der Waals surface area contributed by atoms with E-state index in [4.69, 9.17) is 5.73 Å². The van der Waals surface area contributed by atoms with E-state index in [1.54, 1.807) is 10.9 Å². The number of hydrogen-bond acceptors (Lipinski definition) is 4. The number of carbonyl (C=O) groups excluding carboxylic acids is 1. The number of fused-ring (bicyclic) bond motifs is 2. The highest BCUT2D eigenvalue weighted by Gasteiger charge is 2.41. The van der Waals surface area contributed by atoms with Crippen molar-refractivity contribution in [3.63, 3.8) is 0 Å². The maximum Gasteiger partial charge on any atom is 0.276 e. The van der Waals surface area contributed by atoms with Gasteiger partial charge in [0.15, 0.2) is 5.69 Å². The Morgan fingerprint density at radius 1 is 1.53 bits per heavy atom. The van der Waals surface area contributed by atoms with E-state index in [-0.39, 0.29) is 5.91 Å². The van der Waals surface area contributed by atoms with Crippen LogP contribution in [0.3, 0.4) is 0 Å². The molecule has 0 spiro atoms. The molecule has 6 nitrogen and oxygen atoms in total. The molecule has 0 radical (unpaired) electrons. The van der Waals surface area contributed by atoms with E-state index >= 15 is 0 Å². The van der Waals surface area contributed by atoms with Gasteiger partial charge >= 0.3 is 0 Å². The largest absolute Gasteiger partial charge is 0.334 e. The molecule has 2 fully saturated rings. The number of amides is 1. The Labute approximate surface area is 99.8 Å².